The van der Waals surface area contributed by atoms with Gasteiger partial charge < -0.3 is 13.8 Å². The largest absolute Gasteiger partial charge is 0.490 e. The first-order chi connectivity index (χ1) is 13.3. The Labute approximate surface area is 167 Å². The van der Waals surface area contributed by atoms with Gasteiger partial charge >= 0.3 is 7.60 Å². The lowest BCUT2D eigenvalue weighted by molar-refractivity contribution is 0.205. The van der Waals surface area contributed by atoms with Crippen molar-refractivity contribution in [1.29, 1.82) is 0 Å². The van der Waals surface area contributed by atoms with Gasteiger partial charge in [-0.05, 0) is 50.2 Å². The fraction of sp³-hybridized carbons (Fsp3) is 0.714. The third-order valence-electron chi connectivity index (χ3n) is 5.24. The molecule has 0 aliphatic heterocycles. The second-order valence-corrected chi connectivity index (χ2v) is 9.89. The van der Waals surface area contributed by atoms with E-state index in [-0.39, 0.29) is 43.6 Å². The Bertz CT molecular complexity index is 665. The summed E-state index contributed by atoms with van der Waals surface area (Å²) in [5.74, 6) is -1.34. The summed E-state index contributed by atoms with van der Waals surface area (Å²) < 4.78 is 57.7. The van der Waals surface area contributed by atoms with Crippen LogP contribution in [0.5, 0.6) is 5.75 Å². The summed E-state index contributed by atoms with van der Waals surface area (Å²) in [5, 5.41) is 0. The highest BCUT2D eigenvalue weighted by molar-refractivity contribution is 7.53. The summed E-state index contributed by atoms with van der Waals surface area (Å²) in [6, 6.07) is 3.15. The zero-order chi connectivity index (χ0) is 20.7. The lowest BCUT2D eigenvalue weighted by atomic mass is 9.79. The van der Waals surface area contributed by atoms with E-state index < -0.39 is 19.2 Å². The Hall–Kier alpha value is -0.970. The summed E-state index contributed by atoms with van der Waals surface area (Å²) in [4.78, 5) is 0. The van der Waals surface area contributed by atoms with E-state index >= 15 is 0 Å². The van der Waals surface area contributed by atoms with Gasteiger partial charge in [0.15, 0.2) is 11.6 Å². The van der Waals surface area contributed by atoms with E-state index in [2.05, 4.69) is 6.92 Å². The van der Waals surface area contributed by atoms with Crippen molar-refractivity contribution in [3.63, 3.8) is 0 Å². The van der Waals surface area contributed by atoms with Gasteiger partial charge in [0.05, 0.1) is 26.0 Å². The van der Waals surface area contributed by atoms with Crippen molar-refractivity contribution in [1.82, 2.24) is 0 Å². The van der Waals surface area contributed by atoms with E-state index in [1.54, 1.807) is 19.9 Å². The van der Waals surface area contributed by atoms with Crippen molar-refractivity contribution >= 4 is 7.60 Å². The zero-order valence-electron chi connectivity index (χ0n) is 17.4. The Kier molecular flexibility index (Phi) is 8.91. The van der Waals surface area contributed by atoms with E-state index in [4.69, 9.17) is 13.8 Å². The minimum absolute atomic E-state index is 0.0712. The zero-order valence-corrected chi connectivity index (χ0v) is 18.3. The maximum atomic E-state index is 14.6. The van der Waals surface area contributed by atoms with Gasteiger partial charge in [0.1, 0.15) is 0 Å². The van der Waals surface area contributed by atoms with Crippen molar-refractivity contribution in [2.75, 3.05) is 26.0 Å². The molecule has 0 aromatic heterocycles. The van der Waals surface area contributed by atoms with Crippen LogP contribution in [0, 0.1) is 23.5 Å². The minimum Gasteiger partial charge on any atom is -0.490 e. The molecule has 1 atom stereocenters. The number of ether oxygens (including phenoxy) is 1. The Morgan fingerprint density at radius 1 is 1.07 bits per heavy atom. The minimum atomic E-state index is -3.20. The SMILES string of the molecule is CCOP(=O)(C[C@H](C)COc1ccc(C2CCC(C)CC2)c(F)c1F)OCC. The summed E-state index contributed by atoms with van der Waals surface area (Å²) >= 11 is 0. The van der Waals surface area contributed by atoms with Crippen LogP contribution in [0.4, 0.5) is 8.78 Å². The molecule has 0 N–H and O–H groups in total. The van der Waals surface area contributed by atoms with E-state index in [1.807, 2.05) is 6.92 Å². The van der Waals surface area contributed by atoms with Crippen LogP contribution in [0.15, 0.2) is 12.1 Å². The maximum Gasteiger partial charge on any atom is 0.331 e. The Morgan fingerprint density at radius 3 is 2.25 bits per heavy atom. The van der Waals surface area contributed by atoms with Gasteiger partial charge in [-0.15, -0.1) is 0 Å². The van der Waals surface area contributed by atoms with Gasteiger partial charge in [-0.2, -0.15) is 4.39 Å². The normalized spacial score (nSPS) is 21.5. The number of hydrogen-bond acceptors (Lipinski definition) is 4. The van der Waals surface area contributed by atoms with Gasteiger partial charge in [-0.1, -0.05) is 32.8 Å². The first-order valence-corrected chi connectivity index (χ1v) is 12.0. The van der Waals surface area contributed by atoms with Crippen molar-refractivity contribution in [3.8, 4) is 5.75 Å². The van der Waals surface area contributed by atoms with Crippen LogP contribution in [0.2, 0.25) is 0 Å². The quantitative estimate of drug-likeness (QED) is 0.405. The first kappa shape index (κ1) is 23.3. The summed E-state index contributed by atoms with van der Waals surface area (Å²) in [6.45, 7) is 8.18. The third-order valence-corrected chi connectivity index (χ3v) is 7.62. The molecule has 0 unspecified atom stereocenters. The van der Waals surface area contributed by atoms with Crippen molar-refractivity contribution in [3.05, 3.63) is 29.3 Å². The number of rotatable bonds is 10. The molecule has 0 radical (unpaired) electrons. The van der Waals surface area contributed by atoms with Gasteiger partial charge in [0.25, 0.3) is 0 Å². The molecule has 160 valence electrons. The van der Waals surface area contributed by atoms with Crippen LogP contribution in [-0.2, 0) is 13.6 Å². The predicted octanol–water partition coefficient (Wildman–Crippen LogP) is 6.54. The molecule has 1 fully saturated rings. The molecule has 1 aromatic carbocycles. The fourth-order valence-electron chi connectivity index (χ4n) is 3.75. The highest BCUT2D eigenvalue weighted by Gasteiger charge is 2.28. The molecule has 1 aliphatic carbocycles. The van der Waals surface area contributed by atoms with Gasteiger partial charge in [0, 0.05) is 5.92 Å². The lowest BCUT2D eigenvalue weighted by Crippen LogP contribution is -2.16. The van der Waals surface area contributed by atoms with Gasteiger partial charge in [0.2, 0.25) is 5.82 Å². The van der Waals surface area contributed by atoms with Crippen LogP contribution in [-0.4, -0.2) is 26.0 Å². The molecule has 7 heteroatoms. The molecular formula is C21H33F2O4P. The summed E-state index contributed by atoms with van der Waals surface area (Å²) in [7, 11) is -3.20. The molecule has 4 nitrogen and oxygen atoms in total. The highest BCUT2D eigenvalue weighted by Crippen LogP contribution is 2.49. The molecule has 1 aromatic rings. The van der Waals surface area contributed by atoms with Gasteiger partial charge in [-0.25, -0.2) is 4.39 Å². The highest BCUT2D eigenvalue weighted by atomic mass is 31.2. The maximum absolute atomic E-state index is 14.6. The molecule has 2 rings (SSSR count). The van der Waals surface area contributed by atoms with Crippen molar-refractivity contribution in [2.24, 2.45) is 11.8 Å². The molecular weight excluding hydrogens is 385 g/mol. The van der Waals surface area contributed by atoms with E-state index in [9.17, 15) is 13.3 Å². The molecule has 0 amide bonds. The van der Waals surface area contributed by atoms with Crippen LogP contribution < -0.4 is 4.74 Å². The van der Waals surface area contributed by atoms with E-state index in [0.29, 0.717) is 11.5 Å². The topological polar surface area (TPSA) is 44.8 Å². The molecule has 0 saturated heterocycles. The Balaban J connectivity index is 1.99. The second kappa shape index (κ2) is 10.7. The van der Waals surface area contributed by atoms with Crippen LogP contribution in [0.25, 0.3) is 0 Å². The lowest BCUT2D eigenvalue weighted by Gasteiger charge is -2.27. The monoisotopic (exact) mass is 418 g/mol. The number of hydrogen-bond donors (Lipinski definition) is 0. The first-order valence-electron chi connectivity index (χ1n) is 10.3. The van der Waals surface area contributed by atoms with Crippen LogP contribution >= 0.6 is 7.60 Å². The van der Waals surface area contributed by atoms with Gasteiger partial charge in [-0.3, -0.25) is 4.57 Å². The molecule has 0 heterocycles. The third kappa shape index (κ3) is 6.27. The van der Waals surface area contributed by atoms with Crippen molar-refractivity contribution < 1.29 is 27.1 Å². The fourth-order valence-corrected chi connectivity index (χ4v) is 5.69. The van der Waals surface area contributed by atoms with E-state index in [0.717, 1.165) is 25.7 Å². The van der Waals surface area contributed by atoms with E-state index in [1.165, 1.54) is 6.07 Å². The number of benzene rings is 1. The molecule has 1 saturated carbocycles. The second-order valence-electron chi connectivity index (χ2n) is 7.78. The Morgan fingerprint density at radius 2 is 1.68 bits per heavy atom. The predicted molar refractivity (Wildman–Crippen MR) is 107 cm³/mol. The number of halogens is 2. The molecule has 28 heavy (non-hydrogen) atoms. The average Bonchev–Trinajstić information content (AvgIpc) is 2.64. The molecule has 0 bridgehead atoms. The summed E-state index contributed by atoms with van der Waals surface area (Å²) in [5.41, 5.74) is 0.446. The molecule has 0 spiro atoms. The van der Waals surface area contributed by atoms with Crippen molar-refractivity contribution in [2.45, 2.75) is 59.3 Å². The standard InChI is InChI=1S/C21H33F2O4P/c1-5-26-28(24,27-6-2)14-16(4)13-25-19-12-11-18(20(22)21(19)23)17-9-7-15(3)8-10-17/h11-12,15-17H,5-10,13-14H2,1-4H3/t15?,16-,17?/m1/s1. The smallest absolute Gasteiger partial charge is 0.331 e. The van der Waals surface area contributed by atoms with Crippen LogP contribution in [0.1, 0.15) is 64.9 Å². The molecule has 1 aliphatic rings. The average molecular weight is 418 g/mol. The summed E-state index contributed by atoms with van der Waals surface area (Å²) in [6.07, 6.45) is 4.03. The van der Waals surface area contributed by atoms with Crippen LogP contribution in [0.3, 0.4) is 0 Å².